The minimum absolute atomic E-state index is 0.0453. The lowest BCUT2D eigenvalue weighted by Gasteiger charge is -2.28. The number of nitrogens with two attached hydrogens (primary N) is 1. The first-order chi connectivity index (χ1) is 8.77. The molecule has 2 atom stereocenters. The Morgan fingerprint density at radius 3 is 2.67 bits per heavy atom. The fourth-order valence-electron chi connectivity index (χ4n) is 2.59. The van der Waals surface area contributed by atoms with Gasteiger partial charge in [0.2, 0.25) is 5.91 Å². The first-order valence-electron chi connectivity index (χ1n) is 7.00. The molecule has 3 N–H and O–H groups in total. The molecule has 0 aromatic heterocycles. The number of hydrogen-bond donors (Lipinski definition) is 2. The van der Waals surface area contributed by atoms with Gasteiger partial charge < -0.3 is 20.5 Å². The van der Waals surface area contributed by atoms with Crippen molar-refractivity contribution in [3.8, 4) is 0 Å². The molecule has 0 aromatic rings. The summed E-state index contributed by atoms with van der Waals surface area (Å²) in [6, 6.07) is -0.405. The Labute approximate surface area is 108 Å². The number of rotatable bonds is 4. The summed E-state index contributed by atoms with van der Waals surface area (Å²) >= 11 is 0. The van der Waals surface area contributed by atoms with Crippen molar-refractivity contribution in [2.75, 3.05) is 26.4 Å². The Balaban J connectivity index is 1.69. The van der Waals surface area contributed by atoms with Crippen LogP contribution in [0.5, 0.6) is 0 Å². The van der Waals surface area contributed by atoms with E-state index in [9.17, 15) is 4.79 Å². The average Bonchev–Trinajstić information content (AvgIpc) is 2.46. The summed E-state index contributed by atoms with van der Waals surface area (Å²) in [6.45, 7) is 2.84. The summed E-state index contributed by atoms with van der Waals surface area (Å²) in [5.74, 6) is 0.210. The molecule has 2 unspecified atom stereocenters. The van der Waals surface area contributed by atoms with Gasteiger partial charge in [-0.1, -0.05) is 0 Å². The predicted molar refractivity (Wildman–Crippen MR) is 68.1 cm³/mol. The third kappa shape index (κ3) is 3.93. The van der Waals surface area contributed by atoms with Crippen molar-refractivity contribution in [1.29, 1.82) is 0 Å². The number of nitrogens with one attached hydrogen (secondary N) is 1. The standard InChI is InChI=1S/C13H24N2O3/c14-12(10-4-7-17-8-5-10)13(16)15-9-11-3-1-2-6-18-11/h10-12H,1-9,14H2,(H,15,16). The minimum atomic E-state index is -0.405. The van der Waals surface area contributed by atoms with Crippen LogP contribution in [0.1, 0.15) is 32.1 Å². The van der Waals surface area contributed by atoms with Gasteiger partial charge in [-0.3, -0.25) is 4.79 Å². The number of amides is 1. The Hall–Kier alpha value is -0.650. The number of carbonyl (C=O) groups is 1. The van der Waals surface area contributed by atoms with Gasteiger partial charge in [-0.05, 0) is 38.0 Å². The zero-order valence-electron chi connectivity index (χ0n) is 10.9. The van der Waals surface area contributed by atoms with E-state index in [2.05, 4.69) is 5.32 Å². The Kier molecular flexibility index (Phi) is 5.41. The molecule has 5 nitrogen and oxygen atoms in total. The molecular formula is C13H24N2O3. The summed E-state index contributed by atoms with van der Waals surface area (Å²) in [4.78, 5) is 12.0. The minimum Gasteiger partial charge on any atom is -0.381 e. The Morgan fingerprint density at radius 2 is 2.00 bits per heavy atom. The van der Waals surface area contributed by atoms with Crippen molar-refractivity contribution < 1.29 is 14.3 Å². The number of carbonyl (C=O) groups excluding carboxylic acids is 1. The van der Waals surface area contributed by atoms with E-state index >= 15 is 0 Å². The second-order valence-corrected chi connectivity index (χ2v) is 5.21. The molecule has 104 valence electrons. The fourth-order valence-corrected chi connectivity index (χ4v) is 2.59. The van der Waals surface area contributed by atoms with Gasteiger partial charge in [-0.25, -0.2) is 0 Å². The number of ether oxygens (including phenoxy) is 2. The quantitative estimate of drug-likeness (QED) is 0.765. The molecule has 5 heteroatoms. The molecule has 2 aliphatic heterocycles. The van der Waals surface area contributed by atoms with Crippen molar-refractivity contribution in [3.05, 3.63) is 0 Å². The van der Waals surface area contributed by atoms with Crippen molar-refractivity contribution in [2.24, 2.45) is 11.7 Å². The lowest BCUT2D eigenvalue weighted by atomic mass is 9.92. The van der Waals surface area contributed by atoms with E-state index in [4.69, 9.17) is 15.2 Å². The van der Waals surface area contributed by atoms with Crippen LogP contribution in [0.3, 0.4) is 0 Å². The molecule has 0 spiro atoms. The maximum Gasteiger partial charge on any atom is 0.237 e. The average molecular weight is 256 g/mol. The van der Waals surface area contributed by atoms with Crippen LogP contribution in [0.4, 0.5) is 0 Å². The Bertz CT molecular complexity index is 261. The van der Waals surface area contributed by atoms with Crippen LogP contribution in [0.15, 0.2) is 0 Å². The van der Waals surface area contributed by atoms with Gasteiger partial charge in [-0.15, -0.1) is 0 Å². The topological polar surface area (TPSA) is 73.6 Å². The monoisotopic (exact) mass is 256 g/mol. The lowest BCUT2D eigenvalue weighted by Crippen LogP contribution is -2.49. The van der Waals surface area contributed by atoms with E-state index < -0.39 is 6.04 Å². The molecule has 1 amide bonds. The van der Waals surface area contributed by atoms with Crippen LogP contribution in [0, 0.1) is 5.92 Å². The molecular weight excluding hydrogens is 232 g/mol. The summed E-state index contributed by atoms with van der Waals surface area (Å²) in [5, 5.41) is 2.92. The SMILES string of the molecule is NC(C(=O)NCC1CCCCO1)C1CCOCC1. The van der Waals surface area contributed by atoms with Crippen molar-refractivity contribution in [2.45, 2.75) is 44.2 Å². The van der Waals surface area contributed by atoms with Crippen LogP contribution in [0.2, 0.25) is 0 Å². The molecule has 18 heavy (non-hydrogen) atoms. The normalized spacial score (nSPS) is 27.7. The van der Waals surface area contributed by atoms with E-state index in [1.807, 2.05) is 0 Å². The fraction of sp³-hybridized carbons (Fsp3) is 0.923. The maximum atomic E-state index is 12.0. The largest absolute Gasteiger partial charge is 0.381 e. The number of hydrogen-bond acceptors (Lipinski definition) is 4. The summed E-state index contributed by atoms with van der Waals surface area (Å²) in [7, 11) is 0. The van der Waals surface area contributed by atoms with E-state index in [0.29, 0.717) is 6.54 Å². The second-order valence-electron chi connectivity index (χ2n) is 5.21. The molecule has 2 fully saturated rings. The van der Waals surface area contributed by atoms with Gasteiger partial charge in [0.25, 0.3) is 0 Å². The second kappa shape index (κ2) is 7.07. The zero-order chi connectivity index (χ0) is 12.8. The molecule has 2 aliphatic rings. The van der Waals surface area contributed by atoms with Gasteiger partial charge in [0, 0.05) is 26.4 Å². The van der Waals surface area contributed by atoms with E-state index in [-0.39, 0.29) is 17.9 Å². The van der Waals surface area contributed by atoms with Gasteiger partial charge >= 0.3 is 0 Å². The van der Waals surface area contributed by atoms with Gasteiger partial charge in [0.05, 0.1) is 12.1 Å². The zero-order valence-corrected chi connectivity index (χ0v) is 10.9. The van der Waals surface area contributed by atoms with Crippen molar-refractivity contribution in [1.82, 2.24) is 5.32 Å². The first kappa shape index (κ1) is 13.8. The highest BCUT2D eigenvalue weighted by Crippen LogP contribution is 2.18. The van der Waals surface area contributed by atoms with Crippen LogP contribution in [0.25, 0.3) is 0 Å². The van der Waals surface area contributed by atoms with Crippen molar-refractivity contribution in [3.63, 3.8) is 0 Å². The summed E-state index contributed by atoms with van der Waals surface area (Å²) in [5.41, 5.74) is 6.00. The molecule has 0 bridgehead atoms. The van der Waals surface area contributed by atoms with Crippen LogP contribution in [-0.2, 0) is 14.3 Å². The van der Waals surface area contributed by atoms with Gasteiger partial charge in [-0.2, -0.15) is 0 Å². The van der Waals surface area contributed by atoms with Gasteiger partial charge in [0.15, 0.2) is 0 Å². The van der Waals surface area contributed by atoms with Crippen LogP contribution >= 0.6 is 0 Å². The van der Waals surface area contributed by atoms with Crippen molar-refractivity contribution >= 4 is 5.91 Å². The maximum absolute atomic E-state index is 12.0. The molecule has 0 radical (unpaired) electrons. The molecule has 0 aromatic carbocycles. The van der Waals surface area contributed by atoms with Gasteiger partial charge in [0.1, 0.15) is 0 Å². The predicted octanol–water partition coefficient (Wildman–Crippen LogP) is 0.426. The lowest BCUT2D eigenvalue weighted by molar-refractivity contribution is -0.125. The van der Waals surface area contributed by atoms with Crippen LogP contribution in [-0.4, -0.2) is 44.4 Å². The van der Waals surface area contributed by atoms with Crippen LogP contribution < -0.4 is 11.1 Å². The first-order valence-corrected chi connectivity index (χ1v) is 7.00. The highest BCUT2D eigenvalue weighted by molar-refractivity contribution is 5.81. The highest BCUT2D eigenvalue weighted by Gasteiger charge is 2.27. The summed E-state index contributed by atoms with van der Waals surface area (Å²) in [6.07, 6.45) is 5.29. The Morgan fingerprint density at radius 1 is 1.22 bits per heavy atom. The summed E-state index contributed by atoms with van der Waals surface area (Å²) < 4.78 is 10.9. The highest BCUT2D eigenvalue weighted by atomic mass is 16.5. The third-order valence-corrected chi connectivity index (χ3v) is 3.85. The molecule has 0 saturated carbocycles. The third-order valence-electron chi connectivity index (χ3n) is 3.85. The van der Waals surface area contributed by atoms with E-state index in [0.717, 1.165) is 45.5 Å². The molecule has 2 heterocycles. The molecule has 2 saturated heterocycles. The van der Waals surface area contributed by atoms with E-state index in [1.54, 1.807) is 0 Å². The smallest absolute Gasteiger partial charge is 0.237 e. The van der Waals surface area contributed by atoms with E-state index in [1.165, 1.54) is 6.42 Å². The molecule has 0 aliphatic carbocycles. The molecule has 2 rings (SSSR count).